The topological polar surface area (TPSA) is 38.9 Å². The molecule has 2 aromatic carbocycles. The predicted molar refractivity (Wildman–Crippen MR) is 81.3 cm³/mol. The highest BCUT2D eigenvalue weighted by atomic mass is 16.5. The van der Waals surface area contributed by atoms with Crippen molar-refractivity contribution in [2.45, 2.75) is 20.8 Å². The van der Waals surface area contributed by atoms with E-state index in [1.54, 1.807) is 0 Å². The molecule has 3 aromatic rings. The summed E-state index contributed by atoms with van der Waals surface area (Å²) in [5, 5.41) is 4.02. The molecule has 0 aliphatic heterocycles. The van der Waals surface area contributed by atoms with Gasteiger partial charge in [-0.15, -0.1) is 0 Å². The van der Waals surface area contributed by atoms with E-state index in [0.717, 1.165) is 11.1 Å². The van der Waals surface area contributed by atoms with Gasteiger partial charge in [-0.25, -0.2) is 0 Å². The molecule has 1 heterocycles. The van der Waals surface area contributed by atoms with Crippen molar-refractivity contribution in [3.63, 3.8) is 0 Å². The van der Waals surface area contributed by atoms with Gasteiger partial charge < -0.3 is 4.52 Å². The van der Waals surface area contributed by atoms with E-state index >= 15 is 0 Å². The maximum atomic E-state index is 5.28. The smallest absolute Gasteiger partial charge is 0.258 e. The van der Waals surface area contributed by atoms with Gasteiger partial charge in [0.2, 0.25) is 5.82 Å². The maximum Gasteiger partial charge on any atom is 0.258 e. The van der Waals surface area contributed by atoms with Crippen LogP contribution in [0.15, 0.2) is 59.1 Å². The number of nitrogens with zero attached hydrogens (tertiary/aromatic N) is 2. The Morgan fingerprint density at radius 3 is 2.25 bits per heavy atom. The molecule has 0 spiro atoms. The van der Waals surface area contributed by atoms with Crippen molar-refractivity contribution in [2.24, 2.45) is 0 Å². The van der Waals surface area contributed by atoms with Crippen LogP contribution in [0.2, 0.25) is 0 Å². The van der Waals surface area contributed by atoms with Crippen LogP contribution in [-0.4, -0.2) is 10.1 Å². The van der Waals surface area contributed by atoms with E-state index in [-0.39, 0.29) is 0 Å². The third-order valence-corrected chi connectivity index (χ3v) is 2.72. The first kappa shape index (κ1) is 14.0. The van der Waals surface area contributed by atoms with Gasteiger partial charge in [0.25, 0.3) is 5.89 Å². The molecule has 3 rings (SSSR count). The summed E-state index contributed by atoms with van der Waals surface area (Å²) in [5.74, 6) is 1.17. The second-order valence-electron chi connectivity index (χ2n) is 4.16. The summed E-state index contributed by atoms with van der Waals surface area (Å²) in [7, 11) is 0. The standard InChI is InChI=1S/C15H12N2O.C2H6/c1-11-6-5-9-13(10-11)14-16-15(18-17-14)12-7-3-2-4-8-12;1-2/h2-10H,1H3;1-2H3. The zero-order valence-corrected chi connectivity index (χ0v) is 12.0. The first-order valence-corrected chi connectivity index (χ1v) is 6.79. The molecule has 0 saturated heterocycles. The number of aromatic nitrogens is 2. The van der Waals surface area contributed by atoms with Gasteiger partial charge in [0.15, 0.2) is 0 Å². The minimum absolute atomic E-state index is 0.548. The highest BCUT2D eigenvalue weighted by Crippen LogP contribution is 2.22. The summed E-state index contributed by atoms with van der Waals surface area (Å²) in [6, 6.07) is 17.8. The fourth-order valence-corrected chi connectivity index (χ4v) is 1.82. The summed E-state index contributed by atoms with van der Waals surface area (Å²) in [5.41, 5.74) is 3.09. The molecule has 0 bridgehead atoms. The second kappa shape index (κ2) is 6.66. The Morgan fingerprint density at radius 1 is 0.850 bits per heavy atom. The van der Waals surface area contributed by atoms with E-state index in [4.69, 9.17) is 4.52 Å². The second-order valence-corrected chi connectivity index (χ2v) is 4.16. The van der Waals surface area contributed by atoms with Gasteiger partial charge >= 0.3 is 0 Å². The minimum atomic E-state index is 0.548. The van der Waals surface area contributed by atoms with Crippen LogP contribution in [0.5, 0.6) is 0 Å². The van der Waals surface area contributed by atoms with Crippen molar-refractivity contribution >= 4 is 0 Å². The number of aryl methyl sites for hydroxylation is 1. The Labute approximate surface area is 119 Å². The Morgan fingerprint density at radius 2 is 1.55 bits per heavy atom. The van der Waals surface area contributed by atoms with Crippen molar-refractivity contribution < 1.29 is 4.52 Å². The minimum Gasteiger partial charge on any atom is -0.334 e. The summed E-state index contributed by atoms with van der Waals surface area (Å²) in [6.45, 7) is 6.04. The fourth-order valence-electron chi connectivity index (χ4n) is 1.82. The van der Waals surface area contributed by atoms with Crippen LogP contribution in [0.3, 0.4) is 0 Å². The van der Waals surface area contributed by atoms with Gasteiger partial charge in [-0.05, 0) is 25.1 Å². The quantitative estimate of drug-likeness (QED) is 0.672. The number of hydrogen-bond acceptors (Lipinski definition) is 3. The fraction of sp³-hybridized carbons (Fsp3) is 0.176. The molecule has 20 heavy (non-hydrogen) atoms. The molecule has 0 saturated carbocycles. The zero-order chi connectivity index (χ0) is 14.4. The lowest BCUT2D eigenvalue weighted by Gasteiger charge is -1.95. The van der Waals surface area contributed by atoms with Gasteiger partial charge in [-0.1, -0.05) is 61.0 Å². The van der Waals surface area contributed by atoms with Crippen LogP contribution in [0.1, 0.15) is 19.4 Å². The van der Waals surface area contributed by atoms with Crippen LogP contribution in [0.4, 0.5) is 0 Å². The monoisotopic (exact) mass is 266 g/mol. The van der Waals surface area contributed by atoms with Crippen molar-refractivity contribution in [1.29, 1.82) is 0 Å². The van der Waals surface area contributed by atoms with E-state index < -0.39 is 0 Å². The number of benzene rings is 2. The van der Waals surface area contributed by atoms with Crippen molar-refractivity contribution in [3.8, 4) is 22.8 Å². The van der Waals surface area contributed by atoms with E-state index in [1.165, 1.54) is 5.56 Å². The predicted octanol–water partition coefficient (Wildman–Crippen LogP) is 4.74. The third kappa shape index (κ3) is 3.12. The summed E-state index contributed by atoms with van der Waals surface area (Å²) in [4.78, 5) is 4.41. The third-order valence-electron chi connectivity index (χ3n) is 2.72. The molecule has 0 aliphatic rings. The van der Waals surface area contributed by atoms with Crippen LogP contribution in [0.25, 0.3) is 22.8 Å². The Bertz CT molecular complexity index is 660. The first-order chi connectivity index (χ1) is 9.83. The molecular weight excluding hydrogens is 248 g/mol. The first-order valence-electron chi connectivity index (χ1n) is 6.79. The Hall–Kier alpha value is -2.42. The van der Waals surface area contributed by atoms with Gasteiger partial charge in [0.1, 0.15) is 0 Å². The highest BCUT2D eigenvalue weighted by Gasteiger charge is 2.09. The molecule has 3 heteroatoms. The average molecular weight is 266 g/mol. The van der Waals surface area contributed by atoms with Gasteiger partial charge in [-0.2, -0.15) is 4.98 Å². The molecule has 0 unspecified atom stereocenters. The van der Waals surface area contributed by atoms with Crippen molar-refractivity contribution in [1.82, 2.24) is 10.1 Å². The molecule has 3 nitrogen and oxygen atoms in total. The lowest BCUT2D eigenvalue weighted by molar-refractivity contribution is 0.432. The molecule has 0 fully saturated rings. The van der Waals surface area contributed by atoms with E-state index in [9.17, 15) is 0 Å². The molecule has 0 radical (unpaired) electrons. The van der Waals surface area contributed by atoms with Crippen LogP contribution in [-0.2, 0) is 0 Å². The van der Waals surface area contributed by atoms with Crippen molar-refractivity contribution in [3.05, 3.63) is 60.2 Å². The summed E-state index contributed by atoms with van der Waals surface area (Å²) < 4.78 is 5.28. The Kier molecular flexibility index (Phi) is 4.66. The summed E-state index contributed by atoms with van der Waals surface area (Å²) >= 11 is 0. The normalized spacial score (nSPS) is 9.75. The lowest BCUT2D eigenvalue weighted by Crippen LogP contribution is -1.82. The average Bonchev–Trinajstić information content (AvgIpc) is 3.00. The van der Waals surface area contributed by atoms with Crippen molar-refractivity contribution in [2.75, 3.05) is 0 Å². The van der Waals surface area contributed by atoms with Gasteiger partial charge in [0.05, 0.1) is 0 Å². The number of rotatable bonds is 2. The Balaban J connectivity index is 0.000000704. The maximum absolute atomic E-state index is 5.28. The molecule has 102 valence electrons. The van der Waals surface area contributed by atoms with Gasteiger partial charge in [-0.3, -0.25) is 0 Å². The SMILES string of the molecule is CC.Cc1cccc(-c2noc(-c3ccccc3)n2)c1. The van der Waals surface area contributed by atoms with E-state index in [0.29, 0.717) is 11.7 Å². The molecule has 0 amide bonds. The molecular formula is C17H18N2O. The zero-order valence-electron chi connectivity index (χ0n) is 12.0. The van der Waals surface area contributed by atoms with Crippen LogP contribution < -0.4 is 0 Å². The van der Waals surface area contributed by atoms with E-state index in [1.807, 2.05) is 75.4 Å². The molecule has 0 aliphatic carbocycles. The van der Waals surface area contributed by atoms with Crippen LogP contribution >= 0.6 is 0 Å². The molecule has 0 N–H and O–H groups in total. The largest absolute Gasteiger partial charge is 0.334 e. The van der Waals surface area contributed by atoms with Gasteiger partial charge in [0, 0.05) is 11.1 Å². The van der Waals surface area contributed by atoms with Crippen LogP contribution in [0, 0.1) is 6.92 Å². The van der Waals surface area contributed by atoms with E-state index in [2.05, 4.69) is 10.1 Å². The number of hydrogen-bond donors (Lipinski definition) is 0. The highest BCUT2D eigenvalue weighted by molar-refractivity contribution is 5.60. The molecule has 0 atom stereocenters. The molecule has 1 aromatic heterocycles. The lowest BCUT2D eigenvalue weighted by atomic mass is 10.1. The summed E-state index contributed by atoms with van der Waals surface area (Å²) in [6.07, 6.45) is 0.